The lowest BCUT2D eigenvalue weighted by Crippen LogP contribution is -2.44. The zero-order chi connectivity index (χ0) is 13.0. The molecule has 1 aliphatic heterocycles. The molecule has 18 heavy (non-hydrogen) atoms. The van der Waals surface area contributed by atoms with Crippen LogP contribution in [0, 0.1) is 17.8 Å². The third kappa shape index (κ3) is 3.22. The topological polar surface area (TPSA) is 78.4 Å². The van der Waals surface area contributed by atoms with Gasteiger partial charge in [-0.3, -0.25) is 9.59 Å². The van der Waals surface area contributed by atoms with Gasteiger partial charge in [0.05, 0.1) is 5.92 Å². The molecule has 2 amide bonds. The Hall–Kier alpha value is -1.10. The van der Waals surface area contributed by atoms with Crippen LogP contribution in [0.1, 0.15) is 32.1 Å². The van der Waals surface area contributed by atoms with Gasteiger partial charge in [-0.2, -0.15) is 0 Å². The van der Waals surface area contributed by atoms with Gasteiger partial charge in [0, 0.05) is 26.1 Å². The van der Waals surface area contributed by atoms with Crippen molar-refractivity contribution in [2.24, 2.45) is 17.8 Å². The summed E-state index contributed by atoms with van der Waals surface area (Å²) < 4.78 is 0. The summed E-state index contributed by atoms with van der Waals surface area (Å²) in [4.78, 5) is 22.9. The van der Waals surface area contributed by atoms with Crippen LogP contribution in [0.5, 0.6) is 0 Å². The van der Waals surface area contributed by atoms with Gasteiger partial charge in [-0.15, -0.1) is 0 Å². The van der Waals surface area contributed by atoms with E-state index in [1.165, 1.54) is 0 Å². The molecule has 5 heteroatoms. The maximum Gasteiger partial charge on any atom is 0.224 e. The van der Waals surface area contributed by atoms with Gasteiger partial charge in [0.1, 0.15) is 0 Å². The number of carbonyl (C=O) groups is 2. The van der Waals surface area contributed by atoms with E-state index in [2.05, 4.69) is 10.6 Å². The summed E-state index contributed by atoms with van der Waals surface area (Å²) in [6.07, 6.45) is 4.39. The fraction of sp³-hybridized carbons (Fsp3) is 0.846. The molecule has 1 heterocycles. The molecule has 0 aromatic carbocycles. The first-order valence-electron chi connectivity index (χ1n) is 6.86. The molecular weight excluding hydrogens is 232 g/mol. The van der Waals surface area contributed by atoms with Crippen molar-refractivity contribution in [3.05, 3.63) is 0 Å². The second-order valence-electron chi connectivity index (χ2n) is 5.42. The standard InChI is InChI=1S/C13H22N2O3/c16-8-11-3-1-2-9(11)6-15-13(18)10-4-5-12(17)14-7-10/h9-11,16H,1-8H2,(H,14,17)(H,15,18). The number of carbonyl (C=O) groups excluding carboxylic acids is 2. The average Bonchev–Trinajstić information content (AvgIpc) is 2.84. The molecule has 5 nitrogen and oxygen atoms in total. The number of piperidine rings is 1. The molecule has 2 aliphatic rings. The molecule has 0 bridgehead atoms. The average molecular weight is 254 g/mol. The molecule has 1 saturated heterocycles. The Bertz CT molecular complexity index is 309. The highest BCUT2D eigenvalue weighted by Gasteiger charge is 2.29. The Labute approximate surface area is 107 Å². The Morgan fingerprint density at radius 1 is 1.33 bits per heavy atom. The summed E-state index contributed by atoms with van der Waals surface area (Å²) >= 11 is 0. The smallest absolute Gasteiger partial charge is 0.224 e. The Morgan fingerprint density at radius 3 is 2.78 bits per heavy atom. The minimum atomic E-state index is -0.0864. The van der Waals surface area contributed by atoms with Crippen molar-refractivity contribution in [3.63, 3.8) is 0 Å². The van der Waals surface area contributed by atoms with Crippen molar-refractivity contribution in [3.8, 4) is 0 Å². The minimum absolute atomic E-state index is 0.0372. The van der Waals surface area contributed by atoms with Gasteiger partial charge in [0.2, 0.25) is 11.8 Å². The van der Waals surface area contributed by atoms with Crippen LogP contribution in [0.3, 0.4) is 0 Å². The van der Waals surface area contributed by atoms with Crippen LogP contribution in [0.2, 0.25) is 0 Å². The molecule has 3 unspecified atom stereocenters. The Balaban J connectivity index is 1.72. The van der Waals surface area contributed by atoms with Gasteiger partial charge < -0.3 is 15.7 Å². The Morgan fingerprint density at radius 2 is 2.11 bits per heavy atom. The highest BCUT2D eigenvalue weighted by Crippen LogP contribution is 2.30. The Kier molecular flexibility index (Phi) is 4.58. The largest absolute Gasteiger partial charge is 0.396 e. The second kappa shape index (κ2) is 6.18. The normalized spacial score (nSPS) is 32.1. The van der Waals surface area contributed by atoms with E-state index in [-0.39, 0.29) is 24.3 Å². The first kappa shape index (κ1) is 13.3. The maximum atomic E-state index is 11.9. The summed E-state index contributed by atoms with van der Waals surface area (Å²) in [6, 6.07) is 0. The third-order valence-corrected chi connectivity index (χ3v) is 4.23. The predicted molar refractivity (Wildman–Crippen MR) is 66.7 cm³/mol. The van der Waals surface area contributed by atoms with E-state index in [1.807, 2.05) is 0 Å². The van der Waals surface area contributed by atoms with Crippen LogP contribution >= 0.6 is 0 Å². The van der Waals surface area contributed by atoms with Gasteiger partial charge in [0.15, 0.2) is 0 Å². The van der Waals surface area contributed by atoms with Crippen LogP contribution < -0.4 is 10.6 Å². The predicted octanol–water partition coefficient (Wildman–Crippen LogP) is 0.0374. The lowest BCUT2D eigenvalue weighted by Gasteiger charge is -2.23. The lowest BCUT2D eigenvalue weighted by atomic mass is 9.95. The van der Waals surface area contributed by atoms with Gasteiger partial charge >= 0.3 is 0 Å². The van der Waals surface area contributed by atoms with Crippen LogP contribution in [-0.4, -0.2) is 36.6 Å². The summed E-state index contributed by atoms with van der Waals surface area (Å²) in [5.41, 5.74) is 0. The number of rotatable bonds is 4. The highest BCUT2D eigenvalue weighted by atomic mass is 16.3. The van der Waals surface area contributed by atoms with Crippen molar-refractivity contribution in [2.75, 3.05) is 19.7 Å². The number of aliphatic hydroxyl groups excluding tert-OH is 1. The van der Waals surface area contributed by atoms with Crippen LogP contribution in [0.4, 0.5) is 0 Å². The molecule has 1 saturated carbocycles. The van der Waals surface area contributed by atoms with Gasteiger partial charge in [-0.05, 0) is 31.1 Å². The molecule has 102 valence electrons. The number of hydrogen-bond donors (Lipinski definition) is 3. The summed E-state index contributed by atoms with van der Waals surface area (Å²) in [5.74, 6) is 0.749. The van der Waals surface area contributed by atoms with E-state index in [0.717, 1.165) is 19.3 Å². The van der Waals surface area contributed by atoms with Gasteiger partial charge in [-0.1, -0.05) is 6.42 Å². The monoisotopic (exact) mass is 254 g/mol. The van der Waals surface area contributed by atoms with Crippen molar-refractivity contribution in [1.82, 2.24) is 10.6 Å². The first-order valence-corrected chi connectivity index (χ1v) is 6.86. The molecule has 3 atom stereocenters. The number of aliphatic hydroxyl groups is 1. The molecular formula is C13H22N2O3. The summed E-state index contributed by atoms with van der Waals surface area (Å²) in [5, 5.41) is 14.9. The van der Waals surface area contributed by atoms with Crippen molar-refractivity contribution in [1.29, 1.82) is 0 Å². The third-order valence-electron chi connectivity index (χ3n) is 4.23. The molecule has 0 aromatic heterocycles. The quantitative estimate of drug-likeness (QED) is 0.662. The van der Waals surface area contributed by atoms with E-state index in [1.54, 1.807) is 0 Å². The van der Waals surface area contributed by atoms with E-state index in [4.69, 9.17) is 0 Å². The fourth-order valence-corrected chi connectivity index (χ4v) is 2.96. The summed E-state index contributed by atoms with van der Waals surface area (Å²) in [7, 11) is 0. The molecule has 3 N–H and O–H groups in total. The van der Waals surface area contributed by atoms with E-state index >= 15 is 0 Å². The molecule has 2 fully saturated rings. The van der Waals surface area contributed by atoms with Gasteiger partial charge in [0.25, 0.3) is 0 Å². The fourth-order valence-electron chi connectivity index (χ4n) is 2.96. The van der Waals surface area contributed by atoms with Crippen LogP contribution in [-0.2, 0) is 9.59 Å². The molecule has 0 spiro atoms. The number of hydrogen-bond acceptors (Lipinski definition) is 3. The van der Waals surface area contributed by atoms with E-state index in [9.17, 15) is 14.7 Å². The van der Waals surface area contributed by atoms with Gasteiger partial charge in [-0.25, -0.2) is 0 Å². The zero-order valence-electron chi connectivity index (χ0n) is 10.7. The lowest BCUT2D eigenvalue weighted by molar-refractivity contribution is -0.129. The van der Waals surface area contributed by atoms with E-state index < -0.39 is 0 Å². The van der Waals surface area contributed by atoms with Crippen LogP contribution in [0.25, 0.3) is 0 Å². The van der Waals surface area contributed by atoms with Crippen molar-refractivity contribution in [2.45, 2.75) is 32.1 Å². The molecule has 0 aromatic rings. The van der Waals surface area contributed by atoms with Crippen molar-refractivity contribution < 1.29 is 14.7 Å². The number of nitrogens with one attached hydrogen (secondary N) is 2. The molecule has 0 radical (unpaired) electrons. The summed E-state index contributed by atoms with van der Waals surface area (Å²) in [6.45, 7) is 1.34. The molecule has 2 rings (SSSR count). The number of amides is 2. The minimum Gasteiger partial charge on any atom is -0.396 e. The van der Waals surface area contributed by atoms with Crippen LogP contribution in [0.15, 0.2) is 0 Å². The second-order valence-corrected chi connectivity index (χ2v) is 5.42. The maximum absolute atomic E-state index is 11.9. The zero-order valence-corrected chi connectivity index (χ0v) is 10.7. The highest BCUT2D eigenvalue weighted by molar-refractivity contribution is 5.83. The SMILES string of the molecule is O=C1CCC(C(=O)NCC2CCCC2CO)CN1. The van der Waals surface area contributed by atoms with E-state index in [0.29, 0.717) is 37.8 Å². The first-order chi connectivity index (χ1) is 8.70. The molecule has 1 aliphatic carbocycles. The van der Waals surface area contributed by atoms with Crippen molar-refractivity contribution >= 4 is 11.8 Å².